The SMILES string of the molecule is CCCC(NC(=O)C1Cc2cccc(c2)OCCCCCCOC(=O)NC(C2CCCCC2)C(=O)N1)C(=O)C(=O)NCC(=O)N[C@H](C(=O)N(C)C)c1ccccc1. The molecule has 15 nitrogen and oxygen atoms in total. The van der Waals surface area contributed by atoms with E-state index in [2.05, 4.69) is 26.6 Å². The molecule has 2 aromatic rings. The van der Waals surface area contributed by atoms with E-state index in [1.807, 2.05) is 6.07 Å². The largest absolute Gasteiger partial charge is 0.494 e. The Labute approximate surface area is 334 Å². The summed E-state index contributed by atoms with van der Waals surface area (Å²) in [7, 11) is 3.11. The first-order chi connectivity index (χ1) is 27.5. The van der Waals surface area contributed by atoms with Gasteiger partial charge in [-0.25, -0.2) is 4.79 Å². The van der Waals surface area contributed by atoms with Gasteiger partial charge in [0.2, 0.25) is 29.4 Å². The van der Waals surface area contributed by atoms with Crippen molar-refractivity contribution in [3.8, 4) is 5.75 Å². The Morgan fingerprint density at radius 1 is 0.825 bits per heavy atom. The van der Waals surface area contributed by atoms with E-state index < -0.39 is 66.2 Å². The first-order valence-corrected chi connectivity index (χ1v) is 20.1. The first kappa shape index (κ1) is 44.2. The number of ether oxygens (including phenoxy) is 2. The molecule has 1 aliphatic carbocycles. The highest BCUT2D eigenvalue weighted by atomic mass is 16.5. The third-order valence-corrected chi connectivity index (χ3v) is 10.2. The van der Waals surface area contributed by atoms with Crippen LogP contribution < -0.4 is 31.3 Å². The summed E-state index contributed by atoms with van der Waals surface area (Å²) in [4.78, 5) is 94.9. The molecule has 3 unspecified atom stereocenters. The molecule has 310 valence electrons. The van der Waals surface area contributed by atoms with Crippen LogP contribution in [-0.4, -0.2) is 98.3 Å². The number of benzene rings is 2. The minimum absolute atomic E-state index is 0.0181. The molecule has 5 N–H and O–H groups in total. The number of cyclic esters (lactones) is 1. The summed E-state index contributed by atoms with van der Waals surface area (Å²) in [6.07, 6.45) is 7.29. The molecular weight excluding hydrogens is 732 g/mol. The van der Waals surface area contributed by atoms with Gasteiger partial charge in [0.15, 0.2) is 0 Å². The third kappa shape index (κ3) is 14.2. The molecule has 57 heavy (non-hydrogen) atoms. The zero-order valence-electron chi connectivity index (χ0n) is 33.3. The van der Waals surface area contributed by atoms with Crippen molar-refractivity contribution in [2.24, 2.45) is 5.92 Å². The average Bonchev–Trinajstić information content (AvgIpc) is 3.21. The van der Waals surface area contributed by atoms with E-state index in [0.717, 1.165) is 38.5 Å². The number of nitrogens with one attached hydrogen (secondary N) is 5. The topological polar surface area (TPSA) is 201 Å². The van der Waals surface area contributed by atoms with E-state index in [0.29, 0.717) is 49.2 Å². The lowest BCUT2D eigenvalue weighted by Crippen LogP contribution is -2.59. The minimum atomic E-state index is -1.28. The van der Waals surface area contributed by atoms with E-state index in [9.17, 15) is 33.6 Å². The van der Waals surface area contributed by atoms with E-state index in [1.54, 1.807) is 69.6 Å². The number of carbonyl (C=O) groups is 7. The zero-order valence-corrected chi connectivity index (χ0v) is 33.3. The van der Waals surface area contributed by atoms with E-state index >= 15 is 0 Å². The van der Waals surface area contributed by atoms with Crippen molar-refractivity contribution in [2.75, 3.05) is 33.9 Å². The van der Waals surface area contributed by atoms with Crippen LogP contribution in [-0.2, 0) is 39.9 Å². The molecule has 0 radical (unpaired) electrons. The maximum atomic E-state index is 14.1. The summed E-state index contributed by atoms with van der Waals surface area (Å²) in [5, 5.41) is 13.2. The number of amides is 6. The van der Waals surface area contributed by atoms with E-state index in [-0.39, 0.29) is 31.3 Å². The van der Waals surface area contributed by atoms with Gasteiger partial charge in [-0.05, 0) is 74.1 Å². The Balaban J connectivity index is 1.50. The summed E-state index contributed by atoms with van der Waals surface area (Å²) in [5.74, 6) is -3.99. The van der Waals surface area contributed by atoms with Gasteiger partial charge in [0, 0.05) is 20.5 Å². The molecule has 2 aliphatic rings. The average molecular weight is 791 g/mol. The molecule has 0 aromatic heterocycles. The van der Waals surface area contributed by atoms with Crippen LogP contribution in [0.3, 0.4) is 0 Å². The number of alkyl carbamates (subject to hydrolysis) is 1. The van der Waals surface area contributed by atoms with Crippen LogP contribution >= 0.6 is 0 Å². The van der Waals surface area contributed by atoms with Crippen LogP contribution in [0.2, 0.25) is 0 Å². The number of fused-ring (bicyclic) bond motifs is 2. The van der Waals surface area contributed by atoms with Crippen LogP contribution in [0.4, 0.5) is 4.79 Å². The lowest BCUT2D eigenvalue weighted by molar-refractivity contribution is -0.141. The van der Waals surface area contributed by atoms with Crippen molar-refractivity contribution in [2.45, 2.75) is 108 Å². The molecule has 2 bridgehead atoms. The van der Waals surface area contributed by atoms with Gasteiger partial charge in [0.05, 0.1) is 25.8 Å². The predicted molar refractivity (Wildman–Crippen MR) is 212 cm³/mol. The number of Topliss-reactive ketones (excluding diaryl/α,β-unsaturated/α-hetero) is 1. The van der Waals surface area contributed by atoms with Crippen LogP contribution in [0.5, 0.6) is 5.75 Å². The molecule has 0 spiro atoms. The van der Waals surface area contributed by atoms with Gasteiger partial charge in [-0.15, -0.1) is 0 Å². The van der Waals surface area contributed by atoms with Gasteiger partial charge in [0.25, 0.3) is 5.91 Å². The number of hydrogen-bond donors (Lipinski definition) is 5. The lowest BCUT2D eigenvalue weighted by atomic mass is 9.83. The number of likely N-dealkylation sites (N-methyl/N-ethyl adjacent to an activating group) is 1. The second kappa shape index (κ2) is 22.9. The number of nitrogens with zero attached hydrogens (tertiary/aromatic N) is 1. The van der Waals surface area contributed by atoms with Gasteiger partial charge < -0.3 is 41.0 Å². The molecule has 0 saturated heterocycles. The number of hydrogen-bond acceptors (Lipinski definition) is 9. The Kier molecular flexibility index (Phi) is 17.8. The number of rotatable bonds is 12. The highest BCUT2D eigenvalue weighted by molar-refractivity contribution is 6.38. The van der Waals surface area contributed by atoms with Crippen molar-refractivity contribution in [1.82, 2.24) is 31.5 Å². The number of ketones is 1. The molecule has 1 heterocycles. The second-order valence-corrected chi connectivity index (χ2v) is 14.9. The van der Waals surface area contributed by atoms with Crippen LogP contribution in [0, 0.1) is 5.92 Å². The summed E-state index contributed by atoms with van der Waals surface area (Å²) in [6.45, 7) is 1.86. The highest BCUT2D eigenvalue weighted by Gasteiger charge is 2.36. The van der Waals surface area contributed by atoms with E-state index in [4.69, 9.17) is 9.47 Å². The second-order valence-electron chi connectivity index (χ2n) is 14.9. The molecule has 4 atom stereocenters. The zero-order chi connectivity index (χ0) is 41.2. The quantitative estimate of drug-likeness (QED) is 0.200. The molecule has 4 rings (SSSR count). The maximum Gasteiger partial charge on any atom is 0.407 e. The maximum absolute atomic E-state index is 14.1. The van der Waals surface area contributed by atoms with Crippen molar-refractivity contribution < 1.29 is 43.0 Å². The summed E-state index contributed by atoms with van der Waals surface area (Å²) >= 11 is 0. The summed E-state index contributed by atoms with van der Waals surface area (Å²) < 4.78 is 11.4. The molecule has 1 saturated carbocycles. The molecule has 1 aliphatic heterocycles. The molecular formula is C42H58N6O9. The fourth-order valence-corrected chi connectivity index (χ4v) is 7.05. The van der Waals surface area contributed by atoms with Crippen molar-refractivity contribution in [3.05, 3.63) is 65.7 Å². The lowest BCUT2D eigenvalue weighted by Gasteiger charge is -2.31. The minimum Gasteiger partial charge on any atom is -0.494 e. The Bertz CT molecular complexity index is 1680. The van der Waals surface area contributed by atoms with Crippen molar-refractivity contribution in [1.29, 1.82) is 0 Å². The third-order valence-electron chi connectivity index (χ3n) is 10.2. The number of carbonyl (C=O) groups excluding carboxylic acids is 7. The Morgan fingerprint density at radius 3 is 2.19 bits per heavy atom. The van der Waals surface area contributed by atoms with Gasteiger partial charge in [-0.2, -0.15) is 0 Å². The van der Waals surface area contributed by atoms with E-state index in [1.165, 1.54) is 4.90 Å². The highest BCUT2D eigenvalue weighted by Crippen LogP contribution is 2.27. The Hall–Kier alpha value is -5.47. The van der Waals surface area contributed by atoms with Crippen molar-refractivity contribution >= 4 is 41.4 Å². The summed E-state index contributed by atoms with van der Waals surface area (Å²) in [5.41, 5.74) is 1.22. The van der Waals surface area contributed by atoms with Gasteiger partial charge >= 0.3 is 6.09 Å². The first-order valence-electron chi connectivity index (χ1n) is 20.1. The summed E-state index contributed by atoms with van der Waals surface area (Å²) in [6, 6.07) is 11.4. The standard InChI is InChI=1S/C42H58N6O9/c1-4-16-32(37(50)40(53)43-27-34(49)46-36(41(54)48(2)3)30-20-11-8-12-21-30)44-38(51)33-26-28-17-15-22-31(25-28)56-23-13-5-6-14-24-57-42(55)47-35(39(52)45-33)29-18-9-7-10-19-29/h8,11-12,15,17,20-22,25,29,32-33,35-36H,4-7,9-10,13-14,16,18-19,23-24,26-27H2,1-3H3,(H,43,53)(H,44,51)(H,45,52)(H,46,49)(H,47,55)/t32?,33?,35?,36-/m0/s1. The van der Waals surface area contributed by atoms with Crippen molar-refractivity contribution in [3.63, 3.8) is 0 Å². The van der Waals surface area contributed by atoms with Gasteiger partial charge in [-0.3, -0.25) is 28.8 Å². The molecule has 15 heteroatoms. The van der Waals surface area contributed by atoms with Crippen LogP contribution in [0.15, 0.2) is 54.6 Å². The fourth-order valence-electron chi connectivity index (χ4n) is 7.05. The molecule has 6 amide bonds. The van der Waals surface area contributed by atoms with Gasteiger partial charge in [-0.1, -0.05) is 75.1 Å². The van der Waals surface area contributed by atoms with Crippen LogP contribution in [0.25, 0.3) is 0 Å². The molecule has 1 fully saturated rings. The smallest absolute Gasteiger partial charge is 0.407 e. The van der Waals surface area contributed by atoms with Gasteiger partial charge in [0.1, 0.15) is 23.9 Å². The monoisotopic (exact) mass is 790 g/mol. The Morgan fingerprint density at radius 2 is 1.51 bits per heavy atom. The normalized spacial score (nSPS) is 19.6. The fraction of sp³-hybridized carbons (Fsp3) is 0.548. The predicted octanol–water partition coefficient (Wildman–Crippen LogP) is 3.26. The molecule has 2 aromatic carbocycles. The van der Waals surface area contributed by atoms with Crippen LogP contribution in [0.1, 0.15) is 94.7 Å².